The lowest BCUT2D eigenvalue weighted by molar-refractivity contribution is 0.952. The average molecular weight is 210 g/mol. The van der Waals surface area contributed by atoms with Gasteiger partial charge in [0.2, 0.25) is 0 Å². The van der Waals surface area contributed by atoms with Crippen molar-refractivity contribution in [1.82, 2.24) is 0 Å². The van der Waals surface area contributed by atoms with Gasteiger partial charge >= 0.3 is 0 Å². The van der Waals surface area contributed by atoms with Crippen molar-refractivity contribution < 1.29 is 0 Å². The summed E-state index contributed by atoms with van der Waals surface area (Å²) in [6.45, 7) is 0.939. The quantitative estimate of drug-likeness (QED) is 0.623. The zero-order valence-electron chi connectivity index (χ0n) is 6.05. The van der Waals surface area contributed by atoms with E-state index in [2.05, 4.69) is 39.1 Å². The van der Waals surface area contributed by atoms with E-state index in [9.17, 15) is 0 Å². The summed E-state index contributed by atoms with van der Waals surface area (Å²) in [4.78, 5) is 4.21. The van der Waals surface area contributed by atoms with E-state index in [0.717, 1.165) is 17.4 Å². The average Bonchev–Trinajstić information content (AvgIpc) is 2.04. The van der Waals surface area contributed by atoms with Crippen LogP contribution in [0.3, 0.4) is 0 Å². The maximum atomic E-state index is 4.21. The van der Waals surface area contributed by atoms with Crippen LogP contribution in [0.2, 0.25) is 0 Å². The minimum Gasteiger partial charge on any atom is -0.292 e. The van der Waals surface area contributed by atoms with E-state index in [1.54, 1.807) is 0 Å². The van der Waals surface area contributed by atoms with Gasteiger partial charge in [0.05, 0.1) is 0 Å². The number of rotatable bonds is 0. The molecule has 0 amide bonds. The van der Waals surface area contributed by atoms with Gasteiger partial charge in [0, 0.05) is 17.2 Å². The fourth-order valence-electron chi connectivity index (χ4n) is 1.26. The minimum absolute atomic E-state index is 0.939. The molecule has 0 N–H and O–H groups in total. The van der Waals surface area contributed by atoms with Crippen molar-refractivity contribution in [2.45, 2.75) is 6.42 Å². The largest absolute Gasteiger partial charge is 0.292 e. The van der Waals surface area contributed by atoms with Crippen LogP contribution < -0.4 is 0 Å². The van der Waals surface area contributed by atoms with Crippen LogP contribution in [-0.4, -0.2) is 12.8 Å². The molecule has 1 nitrogen and oxygen atoms in total. The predicted octanol–water partition coefficient (Wildman–Crippen LogP) is 2.42. The molecule has 1 aromatic carbocycles. The van der Waals surface area contributed by atoms with Crippen molar-refractivity contribution in [2.24, 2.45) is 4.99 Å². The van der Waals surface area contributed by atoms with E-state index in [4.69, 9.17) is 0 Å². The summed E-state index contributed by atoms with van der Waals surface area (Å²) < 4.78 is 1.13. The van der Waals surface area contributed by atoms with E-state index in [-0.39, 0.29) is 0 Å². The Balaban J connectivity index is 2.54. The zero-order chi connectivity index (χ0) is 7.68. The van der Waals surface area contributed by atoms with Gasteiger partial charge in [0.15, 0.2) is 0 Å². The first-order valence-corrected chi connectivity index (χ1v) is 4.44. The fraction of sp³-hybridized carbons (Fsp3) is 0.222. The molecule has 0 radical (unpaired) electrons. The van der Waals surface area contributed by atoms with E-state index < -0.39 is 0 Å². The van der Waals surface area contributed by atoms with Crippen LogP contribution in [0.25, 0.3) is 0 Å². The van der Waals surface area contributed by atoms with Crippen molar-refractivity contribution >= 4 is 22.1 Å². The van der Waals surface area contributed by atoms with Crippen molar-refractivity contribution in [3.05, 3.63) is 33.8 Å². The molecular formula is C9H8BrN. The second kappa shape index (κ2) is 2.78. The van der Waals surface area contributed by atoms with Crippen LogP contribution in [0, 0.1) is 0 Å². The maximum absolute atomic E-state index is 4.21. The topological polar surface area (TPSA) is 12.4 Å². The van der Waals surface area contributed by atoms with E-state index in [0.29, 0.717) is 0 Å². The summed E-state index contributed by atoms with van der Waals surface area (Å²) in [5.41, 5.74) is 2.66. The van der Waals surface area contributed by atoms with Crippen LogP contribution in [0.4, 0.5) is 0 Å². The second-order valence-corrected chi connectivity index (χ2v) is 3.54. The van der Waals surface area contributed by atoms with Crippen LogP contribution in [0.1, 0.15) is 11.1 Å². The lowest BCUT2D eigenvalue weighted by Gasteiger charge is -2.08. The van der Waals surface area contributed by atoms with Gasteiger partial charge in [-0.2, -0.15) is 0 Å². The molecule has 0 bridgehead atoms. The molecule has 0 saturated heterocycles. The third-order valence-electron chi connectivity index (χ3n) is 1.85. The van der Waals surface area contributed by atoms with E-state index >= 15 is 0 Å². The molecular weight excluding hydrogens is 202 g/mol. The molecule has 11 heavy (non-hydrogen) atoms. The van der Waals surface area contributed by atoms with Crippen LogP contribution in [0.15, 0.2) is 27.7 Å². The normalized spacial score (nSPS) is 14.6. The Morgan fingerprint density at radius 1 is 1.36 bits per heavy atom. The van der Waals surface area contributed by atoms with Gasteiger partial charge in [-0.15, -0.1) is 0 Å². The Hall–Kier alpha value is -0.630. The molecule has 0 atom stereocenters. The van der Waals surface area contributed by atoms with Gasteiger partial charge in [-0.1, -0.05) is 22.0 Å². The Labute approximate surface area is 74.3 Å². The molecule has 0 saturated carbocycles. The number of benzene rings is 1. The standard InChI is InChI=1S/C9H8BrN/c10-9-2-1-7-3-4-11-6-8(7)5-9/h1-2,5-6H,3-4H2. The number of aliphatic imine (C=N–C) groups is 1. The molecule has 1 aliphatic rings. The van der Waals surface area contributed by atoms with E-state index in [1.165, 1.54) is 11.1 Å². The van der Waals surface area contributed by atoms with E-state index in [1.807, 2.05) is 6.21 Å². The molecule has 1 aromatic rings. The number of fused-ring (bicyclic) bond motifs is 1. The van der Waals surface area contributed by atoms with Crippen molar-refractivity contribution in [2.75, 3.05) is 6.54 Å². The molecule has 2 heteroatoms. The molecule has 0 spiro atoms. The van der Waals surface area contributed by atoms with Gasteiger partial charge in [0.1, 0.15) is 0 Å². The Kier molecular flexibility index (Phi) is 1.78. The Morgan fingerprint density at radius 3 is 3.18 bits per heavy atom. The summed E-state index contributed by atoms with van der Waals surface area (Å²) in [5, 5.41) is 0. The highest BCUT2D eigenvalue weighted by Gasteiger charge is 2.03. The molecule has 0 aromatic heterocycles. The first-order chi connectivity index (χ1) is 5.36. The molecule has 2 rings (SSSR count). The highest BCUT2D eigenvalue weighted by atomic mass is 79.9. The maximum Gasteiger partial charge on any atom is 0.0430 e. The van der Waals surface area contributed by atoms with Crippen molar-refractivity contribution in [3.8, 4) is 0 Å². The summed E-state index contributed by atoms with van der Waals surface area (Å²) in [5.74, 6) is 0. The lowest BCUT2D eigenvalue weighted by atomic mass is 10.0. The first kappa shape index (κ1) is 7.04. The lowest BCUT2D eigenvalue weighted by Crippen LogP contribution is -2.01. The van der Waals surface area contributed by atoms with Gasteiger partial charge in [-0.25, -0.2) is 0 Å². The van der Waals surface area contributed by atoms with Gasteiger partial charge in [-0.05, 0) is 29.7 Å². The molecule has 1 heterocycles. The molecule has 1 aliphatic heterocycles. The smallest absolute Gasteiger partial charge is 0.0430 e. The summed E-state index contributed by atoms with van der Waals surface area (Å²) in [7, 11) is 0. The first-order valence-electron chi connectivity index (χ1n) is 3.64. The molecule has 0 fully saturated rings. The third-order valence-corrected chi connectivity index (χ3v) is 2.34. The zero-order valence-corrected chi connectivity index (χ0v) is 7.63. The predicted molar refractivity (Wildman–Crippen MR) is 50.3 cm³/mol. The highest BCUT2D eigenvalue weighted by molar-refractivity contribution is 9.10. The number of hydrogen-bond acceptors (Lipinski definition) is 1. The highest BCUT2D eigenvalue weighted by Crippen LogP contribution is 2.17. The monoisotopic (exact) mass is 209 g/mol. The van der Waals surface area contributed by atoms with Crippen molar-refractivity contribution in [1.29, 1.82) is 0 Å². The summed E-state index contributed by atoms with van der Waals surface area (Å²) >= 11 is 3.43. The van der Waals surface area contributed by atoms with Gasteiger partial charge in [0.25, 0.3) is 0 Å². The van der Waals surface area contributed by atoms with Crippen LogP contribution in [-0.2, 0) is 6.42 Å². The van der Waals surface area contributed by atoms with Crippen molar-refractivity contribution in [3.63, 3.8) is 0 Å². The second-order valence-electron chi connectivity index (χ2n) is 2.63. The Morgan fingerprint density at radius 2 is 2.27 bits per heavy atom. The van der Waals surface area contributed by atoms with Crippen LogP contribution in [0.5, 0.6) is 0 Å². The summed E-state index contributed by atoms with van der Waals surface area (Å²) in [6, 6.07) is 6.35. The molecule has 56 valence electrons. The third kappa shape index (κ3) is 1.36. The van der Waals surface area contributed by atoms with Crippen LogP contribution >= 0.6 is 15.9 Å². The van der Waals surface area contributed by atoms with Gasteiger partial charge in [-0.3, -0.25) is 4.99 Å². The van der Waals surface area contributed by atoms with Gasteiger partial charge < -0.3 is 0 Å². The minimum atomic E-state index is 0.939. The Bertz CT molecular complexity index is 304. The number of hydrogen-bond donors (Lipinski definition) is 0. The number of halogens is 1. The summed E-state index contributed by atoms with van der Waals surface area (Å²) in [6.07, 6.45) is 3.03. The molecule has 0 unspecified atom stereocenters. The molecule has 0 aliphatic carbocycles. The fourth-order valence-corrected chi connectivity index (χ4v) is 1.64. The SMILES string of the molecule is Brc1ccc2c(c1)C=NCC2. The number of nitrogens with zero attached hydrogens (tertiary/aromatic N) is 1.